The molecule has 5 aromatic rings. The average Bonchev–Trinajstić information content (AvgIpc) is 3.53. The predicted molar refractivity (Wildman–Crippen MR) is 218 cm³/mol. The van der Waals surface area contributed by atoms with Gasteiger partial charge in [0.15, 0.2) is 5.52 Å². The third-order valence-electron chi connectivity index (χ3n) is 10.9. The fraction of sp³-hybridized carbons (Fsp3) is 0.571. The van der Waals surface area contributed by atoms with Crippen LogP contribution < -0.4 is 15.9 Å². The molecule has 0 amide bonds. The molecule has 0 saturated carbocycles. The minimum atomic E-state index is -1.71. The van der Waals surface area contributed by atoms with Crippen LogP contribution in [0, 0.1) is 10.1 Å². The molecule has 52 heavy (non-hydrogen) atoms. The van der Waals surface area contributed by atoms with E-state index < -0.39 is 7.12 Å². The lowest BCUT2D eigenvalue weighted by molar-refractivity contribution is -0.383. The first-order chi connectivity index (χ1) is 25.4. The van der Waals surface area contributed by atoms with Gasteiger partial charge >= 0.3 is 7.12 Å². The van der Waals surface area contributed by atoms with Crippen molar-refractivity contribution in [1.29, 1.82) is 0 Å². The number of nitrogens with zero attached hydrogens (tertiary/aromatic N) is 4. The van der Waals surface area contributed by atoms with Crippen LogP contribution in [0.3, 0.4) is 0 Å². The molecule has 3 aromatic carbocycles. The van der Waals surface area contributed by atoms with E-state index in [2.05, 4.69) is 18.7 Å². The molecule has 2 aromatic heterocycles. The molecule has 0 radical (unpaired) electrons. The van der Waals surface area contributed by atoms with Gasteiger partial charge in [-0.05, 0) is 35.8 Å². The van der Waals surface area contributed by atoms with Gasteiger partial charge in [-0.1, -0.05) is 154 Å². The van der Waals surface area contributed by atoms with Crippen molar-refractivity contribution in [2.75, 3.05) is 18.0 Å². The highest BCUT2D eigenvalue weighted by Gasteiger charge is 2.26. The molecule has 0 aliphatic rings. The third kappa shape index (κ3) is 9.61. The molecule has 2 heterocycles. The Hall–Kier alpha value is -3.76. The second-order valence-corrected chi connectivity index (χ2v) is 14.8. The summed E-state index contributed by atoms with van der Waals surface area (Å²) in [6.07, 6.45) is 24.9. The second kappa shape index (κ2) is 19.9. The number of nitro groups is 1. The number of benzene rings is 3. The van der Waals surface area contributed by atoms with E-state index in [-0.39, 0.29) is 21.7 Å². The van der Waals surface area contributed by atoms with Crippen LogP contribution in [0.4, 0.5) is 11.4 Å². The molecule has 10 heteroatoms. The summed E-state index contributed by atoms with van der Waals surface area (Å²) in [6.45, 7) is 6.11. The largest absolute Gasteiger partial charge is 0.489 e. The number of imidazole rings is 1. The van der Waals surface area contributed by atoms with E-state index >= 15 is 0 Å². The smallest absolute Gasteiger partial charge is 0.423 e. The van der Waals surface area contributed by atoms with Crippen molar-refractivity contribution in [3.05, 3.63) is 62.9 Å². The molecule has 0 aliphatic carbocycles. The normalized spacial score (nSPS) is 11.8. The van der Waals surface area contributed by atoms with E-state index in [1.165, 1.54) is 107 Å². The summed E-state index contributed by atoms with van der Waals surface area (Å²) in [5.41, 5.74) is 1.55. The summed E-state index contributed by atoms with van der Waals surface area (Å²) >= 11 is 0. The van der Waals surface area contributed by atoms with E-state index in [9.17, 15) is 25.0 Å². The Morgan fingerprint density at radius 2 is 1.23 bits per heavy atom. The van der Waals surface area contributed by atoms with Gasteiger partial charge < -0.3 is 14.9 Å². The highest BCUT2D eigenvalue weighted by atomic mass is 16.6. The maximum absolute atomic E-state index is 14.2. The fourth-order valence-corrected chi connectivity index (χ4v) is 7.94. The first kappa shape index (κ1) is 39.5. The summed E-state index contributed by atoms with van der Waals surface area (Å²) in [7, 11) is -1.71. The maximum Gasteiger partial charge on any atom is 0.489 e. The van der Waals surface area contributed by atoms with Gasteiger partial charge in [0.2, 0.25) is 0 Å². The molecule has 0 spiro atoms. The van der Waals surface area contributed by atoms with Crippen LogP contribution in [0.15, 0.2) is 47.3 Å². The molecular weight excluding hydrogens is 651 g/mol. The van der Waals surface area contributed by atoms with Gasteiger partial charge in [0.05, 0.1) is 10.4 Å². The molecule has 0 atom stereocenters. The molecule has 2 N–H and O–H groups in total. The van der Waals surface area contributed by atoms with Crippen LogP contribution in [0.25, 0.3) is 38.2 Å². The number of non-ortho nitro benzene ring substituents is 1. The zero-order valence-electron chi connectivity index (χ0n) is 31.6. The van der Waals surface area contributed by atoms with Gasteiger partial charge in [0.1, 0.15) is 5.65 Å². The Morgan fingerprint density at radius 3 is 1.75 bits per heavy atom. The van der Waals surface area contributed by atoms with Crippen LogP contribution in [0.5, 0.6) is 0 Å². The maximum atomic E-state index is 14.2. The van der Waals surface area contributed by atoms with Crippen LogP contribution in [-0.4, -0.2) is 44.6 Å². The molecule has 280 valence electrons. The fourth-order valence-electron chi connectivity index (χ4n) is 7.94. The van der Waals surface area contributed by atoms with E-state index in [1.807, 2.05) is 12.1 Å². The lowest BCUT2D eigenvalue weighted by Crippen LogP contribution is -2.31. The van der Waals surface area contributed by atoms with Crippen LogP contribution in [0.2, 0.25) is 0 Å². The second-order valence-electron chi connectivity index (χ2n) is 14.8. The molecule has 0 aliphatic heterocycles. The number of unbranched alkanes of at least 4 members (excludes halogenated alkanes) is 18. The molecule has 0 fully saturated rings. The SMILES string of the molecule is CCCCCCCCCCCCN(CCCCCCCCCCCC)c1cc([N+](=O)[O-])c2nc3c4cccc5c(B(O)O)ccc(c(=O)n3c2c1)c54. The summed E-state index contributed by atoms with van der Waals surface area (Å²) < 4.78 is 1.51. The summed E-state index contributed by atoms with van der Waals surface area (Å²) in [6, 6.07) is 12.1. The first-order valence-corrected chi connectivity index (χ1v) is 20.3. The van der Waals surface area contributed by atoms with Crippen molar-refractivity contribution in [3.8, 4) is 0 Å². The average molecular weight is 711 g/mol. The van der Waals surface area contributed by atoms with E-state index in [1.54, 1.807) is 30.3 Å². The number of aromatic nitrogens is 2. The number of hydrogen-bond acceptors (Lipinski definition) is 7. The van der Waals surface area contributed by atoms with Crippen molar-refractivity contribution >= 4 is 62.2 Å². The molecule has 9 nitrogen and oxygen atoms in total. The Balaban J connectivity index is 1.40. The Bertz CT molecular complexity index is 1920. The van der Waals surface area contributed by atoms with Gasteiger partial charge in [-0.15, -0.1) is 0 Å². The summed E-state index contributed by atoms with van der Waals surface area (Å²) in [5.74, 6) is 0. The quantitative estimate of drug-likeness (QED) is 0.0268. The van der Waals surface area contributed by atoms with Gasteiger partial charge in [-0.2, -0.15) is 0 Å². The standard InChI is InChI=1S/C42H59BN4O5/c1-3-5-7-9-11-13-15-17-19-21-28-45(29-22-20-18-16-14-12-10-8-6-4-2)32-30-37-40(38(31-32)47(51)52)44-41-34-25-23-24-33-36(43(49)50)27-26-35(39(33)34)42(48)46(37)41/h23-27,30-31,49-50H,3-22,28-29H2,1-2H3. The minimum Gasteiger partial charge on any atom is -0.423 e. The molecule has 0 unspecified atom stereocenters. The Morgan fingerprint density at radius 1 is 0.712 bits per heavy atom. The van der Waals surface area contributed by atoms with Gasteiger partial charge in [-0.3, -0.25) is 19.3 Å². The van der Waals surface area contributed by atoms with E-state index in [0.717, 1.165) is 44.5 Å². The Kier molecular flexibility index (Phi) is 15.1. The van der Waals surface area contributed by atoms with Crippen LogP contribution in [0.1, 0.15) is 142 Å². The number of fused-ring (bicyclic) bond motifs is 4. The molecule has 0 saturated heterocycles. The third-order valence-corrected chi connectivity index (χ3v) is 10.9. The lowest BCUT2D eigenvalue weighted by Gasteiger charge is -2.25. The highest BCUT2D eigenvalue weighted by molar-refractivity contribution is 6.62. The molecule has 0 bridgehead atoms. The monoisotopic (exact) mass is 710 g/mol. The Labute approximate surface area is 309 Å². The van der Waals surface area contributed by atoms with Crippen molar-refractivity contribution in [3.63, 3.8) is 0 Å². The highest BCUT2D eigenvalue weighted by Crippen LogP contribution is 2.35. The van der Waals surface area contributed by atoms with Gasteiger partial charge in [0.25, 0.3) is 11.2 Å². The van der Waals surface area contributed by atoms with Crippen LogP contribution >= 0.6 is 0 Å². The first-order valence-electron chi connectivity index (χ1n) is 20.3. The zero-order chi connectivity index (χ0) is 36.9. The number of anilines is 1. The number of nitro benzene ring substituents is 1. The predicted octanol–water partition coefficient (Wildman–Crippen LogP) is 9.83. The van der Waals surface area contributed by atoms with Gasteiger partial charge in [0, 0.05) is 41.0 Å². The van der Waals surface area contributed by atoms with Crippen molar-refractivity contribution in [2.45, 2.75) is 142 Å². The topological polar surface area (TPSA) is 121 Å². The zero-order valence-corrected chi connectivity index (χ0v) is 31.6. The summed E-state index contributed by atoms with van der Waals surface area (Å²) in [5, 5.41) is 34.8. The molecular formula is C42H59BN4O5. The van der Waals surface area contributed by atoms with Crippen molar-refractivity contribution in [2.24, 2.45) is 0 Å². The lowest BCUT2D eigenvalue weighted by atomic mass is 9.76. The van der Waals surface area contributed by atoms with Crippen LogP contribution in [-0.2, 0) is 0 Å². The summed E-state index contributed by atoms with van der Waals surface area (Å²) in [4.78, 5) is 33.4. The number of hydrogen-bond donors (Lipinski definition) is 2. The van der Waals surface area contributed by atoms with E-state index in [0.29, 0.717) is 38.2 Å². The number of pyridine rings is 1. The van der Waals surface area contributed by atoms with Gasteiger partial charge in [-0.25, -0.2) is 4.98 Å². The minimum absolute atomic E-state index is 0.110. The van der Waals surface area contributed by atoms with E-state index in [4.69, 9.17) is 4.98 Å². The van der Waals surface area contributed by atoms with Crippen molar-refractivity contribution in [1.82, 2.24) is 9.38 Å². The molecule has 5 rings (SSSR count). The number of rotatable bonds is 25. The van der Waals surface area contributed by atoms with Crippen molar-refractivity contribution < 1.29 is 15.0 Å².